The van der Waals surface area contributed by atoms with Crippen molar-refractivity contribution in [3.63, 3.8) is 0 Å². The summed E-state index contributed by atoms with van der Waals surface area (Å²) >= 11 is 0. The summed E-state index contributed by atoms with van der Waals surface area (Å²) in [6.45, 7) is 4.88. The molecule has 25 heavy (non-hydrogen) atoms. The van der Waals surface area contributed by atoms with Crippen molar-refractivity contribution in [2.45, 2.75) is 19.3 Å². The number of aryl methyl sites for hydroxylation is 1. The second-order valence-electron chi connectivity index (χ2n) is 6.80. The summed E-state index contributed by atoms with van der Waals surface area (Å²) in [6.07, 6.45) is 0.507. The van der Waals surface area contributed by atoms with Gasteiger partial charge in [0.25, 0.3) is 0 Å². The predicted molar refractivity (Wildman–Crippen MR) is 103 cm³/mol. The van der Waals surface area contributed by atoms with Crippen LogP contribution in [0, 0.1) is 12.8 Å². The van der Waals surface area contributed by atoms with Crippen molar-refractivity contribution < 1.29 is 4.79 Å². The van der Waals surface area contributed by atoms with Crippen LogP contribution in [-0.2, 0) is 4.79 Å². The number of hydrogen-bond acceptors (Lipinski definition) is 3. The number of likely N-dealkylation sites (tertiary alicyclic amines) is 1. The van der Waals surface area contributed by atoms with Gasteiger partial charge in [-0.2, -0.15) is 0 Å². The van der Waals surface area contributed by atoms with Crippen LogP contribution in [-0.4, -0.2) is 37.0 Å². The van der Waals surface area contributed by atoms with Crippen molar-refractivity contribution in [1.82, 2.24) is 4.90 Å². The average Bonchev–Trinajstić information content (AvgIpc) is 3.08. The first kappa shape index (κ1) is 17.5. The fraction of sp³-hybridized carbons (Fsp3) is 0.381. The maximum atomic E-state index is 12.6. The Kier molecular flexibility index (Phi) is 5.71. The summed E-state index contributed by atoms with van der Waals surface area (Å²) in [5, 5.41) is 3.36. The lowest BCUT2D eigenvalue weighted by Gasteiger charge is -2.17. The van der Waals surface area contributed by atoms with Gasteiger partial charge in [-0.15, -0.1) is 0 Å². The Hall–Kier alpha value is -2.33. The molecule has 0 spiro atoms. The van der Waals surface area contributed by atoms with Gasteiger partial charge in [0.1, 0.15) is 0 Å². The first-order chi connectivity index (χ1) is 12.2. The van der Waals surface area contributed by atoms with Gasteiger partial charge < -0.3 is 16.0 Å². The Balaban J connectivity index is 1.55. The SMILES string of the molecule is Cc1ccccc1NCCC(=O)N1C[C@@H](CN)[C@H](c2ccccc2)C1. The van der Waals surface area contributed by atoms with Gasteiger partial charge in [-0.3, -0.25) is 4.79 Å². The molecular weight excluding hydrogens is 310 g/mol. The van der Waals surface area contributed by atoms with Crippen LogP contribution in [0.25, 0.3) is 0 Å². The van der Waals surface area contributed by atoms with E-state index < -0.39 is 0 Å². The highest BCUT2D eigenvalue weighted by Gasteiger charge is 2.34. The zero-order valence-corrected chi connectivity index (χ0v) is 14.8. The van der Waals surface area contributed by atoms with Crippen LogP contribution < -0.4 is 11.1 Å². The largest absolute Gasteiger partial charge is 0.384 e. The summed E-state index contributed by atoms with van der Waals surface area (Å²) in [5.74, 6) is 0.896. The molecule has 1 heterocycles. The summed E-state index contributed by atoms with van der Waals surface area (Å²) in [4.78, 5) is 14.6. The third-order valence-electron chi connectivity index (χ3n) is 5.12. The number of hydrogen-bond donors (Lipinski definition) is 2. The number of carbonyl (C=O) groups excluding carboxylic acids is 1. The fourth-order valence-corrected chi connectivity index (χ4v) is 3.63. The highest BCUT2D eigenvalue weighted by atomic mass is 16.2. The summed E-state index contributed by atoms with van der Waals surface area (Å²) in [5.41, 5.74) is 9.54. The number of nitrogens with one attached hydrogen (secondary N) is 1. The quantitative estimate of drug-likeness (QED) is 0.852. The molecular formula is C21H27N3O. The number of rotatable bonds is 6. The molecule has 2 aromatic carbocycles. The lowest BCUT2D eigenvalue weighted by molar-refractivity contribution is -0.130. The standard InChI is InChI=1S/C21H27N3O/c1-16-7-5-6-10-20(16)23-12-11-21(25)24-14-18(13-22)19(15-24)17-8-3-2-4-9-17/h2-10,18-19,23H,11-15,22H2,1H3/t18-,19+/m1/s1. The zero-order valence-electron chi connectivity index (χ0n) is 14.8. The molecule has 1 aliphatic heterocycles. The molecule has 0 aromatic heterocycles. The number of nitrogens with two attached hydrogens (primary N) is 1. The van der Waals surface area contributed by atoms with E-state index in [1.54, 1.807) is 0 Å². The Morgan fingerprint density at radius 2 is 1.84 bits per heavy atom. The lowest BCUT2D eigenvalue weighted by atomic mass is 9.89. The molecule has 3 rings (SSSR count). The number of amides is 1. The molecule has 0 aliphatic carbocycles. The molecule has 0 radical (unpaired) electrons. The smallest absolute Gasteiger partial charge is 0.224 e. The Morgan fingerprint density at radius 1 is 1.12 bits per heavy atom. The van der Waals surface area contributed by atoms with Crippen LogP contribution in [0.1, 0.15) is 23.5 Å². The molecule has 1 aliphatic rings. The number of benzene rings is 2. The normalized spacial score (nSPS) is 19.8. The number of carbonyl (C=O) groups is 1. The van der Waals surface area contributed by atoms with Gasteiger partial charge in [-0.1, -0.05) is 48.5 Å². The van der Waals surface area contributed by atoms with Crippen molar-refractivity contribution in [3.05, 3.63) is 65.7 Å². The van der Waals surface area contributed by atoms with Gasteiger partial charge in [0, 0.05) is 37.7 Å². The van der Waals surface area contributed by atoms with E-state index in [0.29, 0.717) is 31.3 Å². The van der Waals surface area contributed by atoms with E-state index in [1.807, 2.05) is 29.2 Å². The minimum absolute atomic E-state index is 0.206. The van der Waals surface area contributed by atoms with E-state index in [4.69, 9.17) is 5.73 Å². The van der Waals surface area contributed by atoms with Crippen LogP contribution in [0.3, 0.4) is 0 Å². The average molecular weight is 337 g/mol. The Morgan fingerprint density at radius 3 is 2.56 bits per heavy atom. The lowest BCUT2D eigenvalue weighted by Crippen LogP contribution is -2.31. The predicted octanol–water partition coefficient (Wildman–Crippen LogP) is 3.00. The van der Waals surface area contributed by atoms with Gasteiger partial charge in [0.2, 0.25) is 5.91 Å². The van der Waals surface area contributed by atoms with Gasteiger partial charge in [-0.05, 0) is 36.6 Å². The topological polar surface area (TPSA) is 58.4 Å². The van der Waals surface area contributed by atoms with Crippen molar-refractivity contribution in [2.24, 2.45) is 11.7 Å². The number of nitrogens with zero attached hydrogens (tertiary/aromatic N) is 1. The van der Waals surface area contributed by atoms with Crippen LogP contribution in [0.2, 0.25) is 0 Å². The molecule has 2 aromatic rings. The molecule has 0 unspecified atom stereocenters. The van der Waals surface area contributed by atoms with E-state index >= 15 is 0 Å². The molecule has 4 heteroatoms. The molecule has 0 bridgehead atoms. The molecule has 1 amide bonds. The minimum atomic E-state index is 0.206. The monoisotopic (exact) mass is 337 g/mol. The summed E-state index contributed by atoms with van der Waals surface area (Å²) < 4.78 is 0. The molecule has 1 fully saturated rings. The summed E-state index contributed by atoms with van der Waals surface area (Å²) in [7, 11) is 0. The van der Waals surface area contributed by atoms with Crippen molar-refractivity contribution in [2.75, 3.05) is 31.5 Å². The molecule has 0 saturated carbocycles. The van der Waals surface area contributed by atoms with Crippen LogP contribution in [0.15, 0.2) is 54.6 Å². The highest BCUT2D eigenvalue weighted by Crippen LogP contribution is 2.32. The molecule has 1 saturated heterocycles. The van der Waals surface area contributed by atoms with Gasteiger partial charge >= 0.3 is 0 Å². The fourth-order valence-electron chi connectivity index (χ4n) is 3.63. The first-order valence-corrected chi connectivity index (χ1v) is 9.01. The van der Waals surface area contributed by atoms with Gasteiger partial charge in [0.15, 0.2) is 0 Å². The number of para-hydroxylation sites is 1. The van der Waals surface area contributed by atoms with E-state index in [1.165, 1.54) is 11.1 Å². The van der Waals surface area contributed by atoms with Gasteiger partial charge in [-0.25, -0.2) is 0 Å². The molecule has 2 atom stereocenters. The van der Waals surface area contributed by atoms with Crippen molar-refractivity contribution in [1.29, 1.82) is 0 Å². The van der Waals surface area contributed by atoms with Crippen LogP contribution in [0.4, 0.5) is 5.69 Å². The zero-order chi connectivity index (χ0) is 17.6. The third-order valence-corrected chi connectivity index (χ3v) is 5.12. The minimum Gasteiger partial charge on any atom is -0.384 e. The second kappa shape index (κ2) is 8.17. The summed E-state index contributed by atoms with van der Waals surface area (Å²) in [6, 6.07) is 18.6. The maximum absolute atomic E-state index is 12.6. The van der Waals surface area contributed by atoms with Crippen molar-refractivity contribution >= 4 is 11.6 Å². The Bertz CT molecular complexity index is 701. The second-order valence-corrected chi connectivity index (χ2v) is 6.80. The maximum Gasteiger partial charge on any atom is 0.224 e. The third kappa shape index (κ3) is 4.20. The molecule has 4 nitrogen and oxygen atoms in total. The Labute approximate surface area is 150 Å². The molecule has 3 N–H and O–H groups in total. The van der Waals surface area contributed by atoms with E-state index in [9.17, 15) is 4.79 Å². The number of anilines is 1. The van der Waals surface area contributed by atoms with E-state index in [-0.39, 0.29) is 5.91 Å². The van der Waals surface area contributed by atoms with E-state index in [0.717, 1.165) is 18.8 Å². The van der Waals surface area contributed by atoms with Crippen LogP contribution >= 0.6 is 0 Å². The van der Waals surface area contributed by atoms with Crippen LogP contribution in [0.5, 0.6) is 0 Å². The van der Waals surface area contributed by atoms with E-state index in [2.05, 4.69) is 42.6 Å². The van der Waals surface area contributed by atoms with Gasteiger partial charge in [0.05, 0.1) is 0 Å². The first-order valence-electron chi connectivity index (χ1n) is 9.01. The molecule has 132 valence electrons. The van der Waals surface area contributed by atoms with Crippen molar-refractivity contribution in [3.8, 4) is 0 Å². The highest BCUT2D eigenvalue weighted by molar-refractivity contribution is 5.77.